The molecular weight excluding hydrogens is 310 g/mol. The van der Waals surface area contributed by atoms with E-state index in [0.29, 0.717) is 5.15 Å². The molecular formula is C17H28ClN5. The van der Waals surface area contributed by atoms with Crippen molar-refractivity contribution in [1.29, 1.82) is 0 Å². The molecule has 1 aliphatic carbocycles. The summed E-state index contributed by atoms with van der Waals surface area (Å²) in [6.07, 6.45) is 5.43. The Morgan fingerprint density at radius 2 is 2.17 bits per heavy atom. The molecule has 0 amide bonds. The van der Waals surface area contributed by atoms with Crippen LogP contribution in [0.25, 0.3) is 0 Å². The molecule has 1 heterocycles. The Kier molecular flexibility index (Phi) is 7.62. The van der Waals surface area contributed by atoms with E-state index >= 15 is 0 Å². The van der Waals surface area contributed by atoms with E-state index in [-0.39, 0.29) is 0 Å². The summed E-state index contributed by atoms with van der Waals surface area (Å²) in [4.78, 5) is 11.3. The van der Waals surface area contributed by atoms with Crippen molar-refractivity contribution in [3.8, 4) is 0 Å². The molecule has 1 saturated carbocycles. The molecule has 0 atom stereocenters. The van der Waals surface area contributed by atoms with Crippen LogP contribution >= 0.6 is 11.6 Å². The Hall–Kier alpha value is -1.33. The monoisotopic (exact) mass is 337 g/mol. The van der Waals surface area contributed by atoms with E-state index in [2.05, 4.69) is 39.4 Å². The van der Waals surface area contributed by atoms with Crippen LogP contribution in [0.1, 0.15) is 32.3 Å². The maximum atomic E-state index is 5.80. The molecule has 1 fully saturated rings. The fourth-order valence-electron chi connectivity index (χ4n) is 2.55. The summed E-state index contributed by atoms with van der Waals surface area (Å²) in [6.45, 7) is 9.01. The Bertz CT molecular complexity index is 484. The lowest BCUT2D eigenvalue weighted by atomic mass is 10.2. The second-order valence-corrected chi connectivity index (χ2v) is 6.17. The number of aromatic nitrogens is 1. The lowest BCUT2D eigenvalue weighted by molar-refractivity contribution is 0.286. The van der Waals surface area contributed by atoms with E-state index in [0.717, 1.165) is 51.1 Å². The van der Waals surface area contributed by atoms with Crippen LogP contribution < -0.4 is 10.6 Å². The normalized spacial score (nSPS) is 15.0. The van der Waals surface area contributed by atoms with Gasteiger partial charge in [0.25, 0.3) is 0 Å². The van der Waals surface area contributed by atoms with Gasteiger partial charge in [-0.25, -0.2) is 4.98 Å². The van der Waals surface area contributed by atoms with Crippen LogP contribution in [0.15, 0.2) is 23.3 Å². The van der Waals surface area contributed by atoms with Crippen LogP contribution in [0.2, 0.25) is 5.15 Å². The first kappa shape index (κ1) is 18.0. The molecule has 2 N–H and O–H groups in total. The van der Waals surface area contributed by atoms with Gasteiger partial charge in [-0.05, 0) is 44.4 Å². The third-order valence-corrected chi connectivity index (χ3v) is 4.19. The van der Waals surface area contributed by atoms with E-state index in [1.165, 1.54) is 18.4 Å². The number of rotatable bonds is 9. The minimum Gasteiger partial charge on any atom is -0.357 e. The van der Waals surface area contributed by atoms with Crippen molar-refractivity contribution < 1.29 is 0 Å². The minimum absolute atomic E-state index is 0.535. The quantitative estimate of drug-likeness (QED) is 0.412. The predicted molar refractivity (Wildman–Crippen MR) is 97.2 cm³/mol. The van der Waals surface area contributed by atoms with Gasteiger partial charge < -0.3 is 10.6 Å². The Labute approximate surface area is 144 Å². The van der Waals surface area contributed by atoms with Gasteiger partial charge in [-0.1, -0.05) is 24.6 Å². The van der Waals surface area contributed by atoms with Crippen molar-refractivity contribution in [3.63, 3.8) is 0 Å². The molecule has 0 radical (unpaired) electrons. The van der Waals surface area contributed by atoms with Gasteiger partial charge in [-0.15, -0.1) is 0 Å². The van der Waals surface area contributed by atoms with E-state index in [1.54, 1.807) is 0 Å². The first-order chi connectivity index (χ1) is 11.2. The molecule has 6 heteroatoms. The van der Waals surface area contributed by atoms with E-state index in [9.17, 15) is 0 Å². The average molecular weight is 338 g/mol. The van der Waals surface area contributed by atoms with Crippen LogP contribution in [-0.4, -0.2) is 54.6 Å². The molecule has 0 unspecified atom stereocenters. The highest BCUT2D eigenvalue weighted by molar-refractivity contribution is 6.29. The Morgan fingerprint density at radius 1 is 1.35 bits per heavy atom. The number of hydrogen-bond donors (Lipinski definition) is 2. The molecule has 2 rings (SSSR count). The molecule has 128 valence electrons. The van der Waals surface area contributed by atoms with Crippen molar-refractivity contribution in [1.82, 2.24) is 20.5 Å². The summed E-state index contributed by atoms with van der Waals surface area (Å²) in [5, 5.41) is 7.21. The third-order valence-electron chi connectivity index (χ3n) is 3.97. The number of pyridine rings is 1. The highest BCUT2D eigenvalue weighted by Crippen LogP contribution is 2.25. The van der Waals surface area contributed by atoms with Gasteiger partial charge in [0.05, 0.1) is 6.54 Å². The lowest BCUT2D eigenvalue weighted by Gasteiger charge is -2.19. The molecule has 0 aliphatic heterocycles. The third kappa shape index (κ3) is 6.75. The van der Waals surface area contributed by atoms with E-state index in [4.69, 9.17) is 11.6 Å². The molecule has 1 aromatic rings. The largest absolute Gasteiger partial charge is 0.357 e. The van der Waals surface area contributed by atoms with Crippen molar-refractivity contribution >= 4 is 17.6 Å². The minimum atomic E-state index is 0.535. The summed E-state index contributed by atoms with van der Waals surface area (Å²) < 4.78 is 0. The SMILES string of the molecule is CCNC(=NCCN(CC)C1CC1)NCCc1ccc(Cl)nc1. The Balaban J connectivity index is 1.73. The summed E-state index contributed by atoms with van der Waals surface area (Å²) in [7, 11) is 0. The number of likely N-dealkylation sites (N-methyl/N-ethyl adjacent to an activating group) is 1. The highest BCUT2D eigenvalue weighted by atomic mass is 35.5. The smallest absolute Gasteiger partial charge is 0.191 e. The fraction of sp³-hybridized carbons (Fsp3) is 0.647. The topological polar surface area (TPSA) is 52.6 Å². The van der Waals surface area contributed by atoms with Gasteiger partial charge in [0.15, 0.2) is 5.96 Å². The second-order valence-electron chi connectivity index (χ2n) is 5.79. The fourth-order valence-corrected chi connectivity index (χ4v) is 2.66. The van der Waals surface area contributed by atoms with Crippen LogP contribution in [0.4, 0.5) is 0 Å². The zero-order valence-corrected chi connectivity index (χ0v) is 14.9. The summed E-state index contributed by atoms with van der Waals surface area (Å²) >= 11 is 5.80. The van der Waals surface area contributed by atoms with Gasteiger partial charge >= 0.3 is 0 Å². The molecule has 1 aromatic heterocycles. The second kappa shape index (κ2) is 9.73. The molecule has 1 aliphatic rings. The molecule has 0 spiro atoms. The molecule has 0 bridgehead atoms. The molecule has 0 aromatic carbocycles. The average Bonchev–Trinajstić information content (AvgIpc) is 3.38. The van der Waals surface area contributed by atoms with Gasteiger partial charge in [0.2, 0.25) is 0 Å². The number of hydrogen-bond acceptors (Lipinski definition) is 3. The molecule has 5 nitrogen and oxygen atoms in total. The van der Waals surface area contributed by atoms with Gasteiger partial charge in [0, 0.05) is 31.9 Å². The maximum absolute atomic E-state index is 5.80. The highest BCUT2D eigenvalue weighted by Gasteiger charge is 2.27. The first-order valence-corrected chi connectivity index (χ1v) is 8.97. The molecule has 23 heavy (non-hydrogen) atoms. The number of guanidine groups is 1. The van der Waals surface area contributed by atoms with Crippen LogP contribution in [-0.2, 0) is 6.42 Å². The van der Waals surface area contributed by atoms with Crippen LogP contribution in [0, 0.1) is 0 Å². The van der Waals surface area contributed by atoms with Crippen molar-refractivity contribution in [3.05, 3.63) is 29.0 Å². The number of nitrogens with zero attached hydrogens (tertiary/aromatic N) is 3. The van der Waals surface area contributed by atoms with E-state index < -0.39 is 0 Å². The Morgan fingerprint density at radius 3 is 2.78 bits per heavy atom. The summed E-state index contributed by atoms with van der Waals surface area (Å²) in [6, 6.07) is 4.65. The van der Waals surface area contributed by atoms with Gasteiger partial charge in [0.1, 0.15) is 5.15 Å². The predicted octanol–water partition coefficient (Wildman–Crippen LogP) is 2.32. The maximum Gasteiger partial charge on any atom is 0.191 e. The van der Waals surface area contributed by atoms with Crippen molar-refractivity contribution in [2.75, 3.05) is 32.7 Å². The molecule has 0 saturated heterocycles. The number of aliphatic imine (C=N–C) groups is 1. The van der Waals surface area contributed by atoms with Crippen LogP contribution in [0.5, 0.6) is 0 Å². The standard InChI is InChI=1S/C17H28ClN5/c1-3-19-17(21-11-12-23(4-2)15-6-7-15)20-10-9-14-5-8-16(18)22-13-14/h5,8,13,15H,3-4,6-7,9-12H2,1-2H3,(H2,19,20,21). The number of halogens is 1. The van der Waals surface area contributed by atoms with Crippen LogP contribution in [0.3, 0.4) is 0 Å². The van der Waals surface area contributed by atoms with Crippen molar-refractivity contribution in [2.45, 2.75) is 39.2 Å². The number of nitrogens with one attached hydrogen (secondary N) is 2. The first-order valence-electron chi connectivity index (χ1n) is 8.59. The van der Waals surface area contributed by atoms with Crippen molar-refractivity contribution in [2.24, 2.45) is 4.99 Å². The van der Waals surface area contributed by atoms with Gasteiger partial charge in [-0.3, -0.25) is 9.89 Å². The summed E-state index contributed by atoms with van der Waals surface area (Å²) in [5.74, 6) is 0.890. The van der Waals surface area contributed by atoms with Gasteiger partial charge in [-0.2, -0.15) is 0 Å². The van der Waals surface area contributed by atoms with E-state index in [1.807, 2.05) is 18.3 Å². The summed E-state index contributed by atoms with van der Waals surface area (Å²) in [5.41, 5.74) is 1.17. The lowest BCUT2D eigenvalue weighted by Crippen LogP contribution is -2.39. The zero-order chi connectivity index (χ0) is 16.5. The zero-order valence-electron chi connectivity index (χ0n) is 14.2.